The molecule has 138 valence electrons. The van der Waals surface area contributed by atoms with Gasteiger partial charge in [-0.2, -0.15) is 5.10 Å². The van der Waals surface area contributed by atoms with Crippen molar-refractivity contribution in [3.63, 3.8) is 0 Å². The van der Waals surface area contributed by atoms with Crippen molar-refractivity contribution in [2.75, 3.05) is 21.3 Å². The highest BCUT2D eigenvalue weighted by atomic mass is 16.5. The van der Waals surface area contributed by atoms with Crippen molar-refractivity contribution in [1.82, 2.24) is 5.43 Å². The maximum absolute atomic E-state index is 12.5. The Bertz CT molecular complexity index is 968. The van der Waals surface area contributed by atoms with Crippen molar-refractivity contribution >= 4 is 22.9 Å². The van der Waals surface area contributed by atoms with Crippen LogP contribution in [0.1, 0.15) is 15.9 Å². The molecule has 6 nitrogen and oxygen atoms in total. The fourth-order valence-corrected chi connectivity index (χ4v) is 2.80. The van der Waals surface area contributed by atoms with E-state index in [-0.39, 0.29) is 5.91 Å². The molecule has 0 aromatic heterocycles. The number of amides is 1. The number of hydrogen-bond donors (Lipinski definition) is 1. The number of carbonyl (C=O) groups excluding carboxylic acids is 1. The molecule has 0 aliphatic carbocycles. The van der Waals surface area contributed by atoms with E-state index >= 15 is 0 Å². The van der Waals surface area contributed by atoms with Gasteiger partial charge in [-0.25, -0.2) is 5.43 Å². The van der Waals surface area contributed by atoms with Gasteiger partial charge in [0.05, 0.1) is 27.5 Å². The second-order valence-electron chi connectivity index (χ2n) is 5.68. The molecule has 0 bridgehead atoms. The van der Waals surface area contributed by atoms with E-state index in [0.29, 0.717) is 22.8 Å². The highest BCUT2D eigenvalue weighted by Crippen LogP contribution is 2.38. The normalized spacial score (nSPS) is 10.8. The Morgan fingerprint density at radius 2 is 1.59 bits per heavy atom. The number of nitrogens with one attached hydrogen (secondary N) is 1. The third-order valence-electron chi connectivity index (χ3n) is 4.12. The van der Waals surface area contributed by atoms with Crippen molar-refractivity contribution in [1.29, 1.82) is 0 Å². The average Bonchev–Trinajstić information content (AvgIpc) is 2.72. The second-order valence-corrected chi connectivity index (χ2v) is 5.68. The van der Waals surface area contributed by atoms with Crippen LogP contribution in [0.5, 0.6) is 17.2 Å². The molecular weight excluding hydrogens is 344 g/mol. The summed E-state index contributed by atoms with van der Waals surface area (Å²) in [6, 6.07) is 17.1. The van der Waals surface area contributed by atoms with Gasteiger partial charge in [0, 0.05) is 11.1 Å². The Hall–Kier alpha value is -3.54. The lowest BCUT2D eigenvalue weighted by atomic mass is 10.1. The van der Waals surface area contributed by atoms with Crippen LogP contribution in [0, 0.1) is 0 Å². The van der Waals surface area contributed by atoms with Crippen LogP contribution in [-0.4, -0.2) is 33.5 Å². The minimum absolute atomic E-state index is 0.347. The molecule has 0 atom stereocenters. The van der Waals surface area contributed by atoms with Crippen LogP contribution in [0.15, 0.2) is 59.7 Å². The molecule has 0 unspecified atom stereocenters. The number of ether oxygens (including phenoxy) is 3. The van der Waals surface area contributed by atoms with E-state index in [2.05, 4.69) is 10.5 Å². The van der Waals surface area contributed by atoms with Gasteiger partial charge in [-0.05, 0) is 22.9 Å². The van der Waals surface area contributed by atoms with Gasteiger partial charge in [0.15, 0.2) is 11.5 Å². The minimum atomic E-state index is -0.384. The van der Waals surface area contributed by atoms with Crippen LogP contribution in [0.4, 0.5) is 0 Å². The van der Waals surface area contributed by atoms with E-state index in [1.165, 1.54) is 21.3 Å². The number of methoxy groups -OCH3 is 3. The van der Waals surface area contributed by atoms with Crippen LogP contribution in [-0.2, 0) is 0 Å². The molecule has 3 aromatic rings. The summed E-state index contributed by atoms with van der Waals surface area (Å²) in [7, 11) is 4.50. The molecule has 0 heterocycles. The lowest BCUT2D eigenvalue weighted by molar-refractivity contribution is 0.0954. The van der Waals surface area contributed by atoms with Crippen LogP contribution < -0.4 is 19.6 Å². The lowest BCUT2D eigenvalue weighted by Crippen LogP contribution is -2.18. The molecule has 1 amide bonds. The highest BCUT2D eigenvalue weighted by Gasteiger charge is 2.16. The molecule has 0 radical (unpaired) electrons. The molecule has 1 N–H and O–H groups in total. The van der Waals surface area contributed by atoms with Crippen LogP contribution >= 0.6 is 0 Å². The van der Waals surface area contributed by atoms with Crippen molar-refractivity contribution in [2.24, 2.45) is 5.10 Å². The van der Waals surface area contributed by atoms with E-state index < -0.39 is 0 Å². The number of nitrogens with zero attached hydrogens (tertiary/aromatic N) is 1. The summed E-state index contributed by atoms with van der Waals surface area (Å²) < 4.78 is 15.8. The predicted molar refractivity (Wildman–Crippen MR) is 105 cm³/mol. The smallest absolute Gasteiger partial charge is 0.271 e. The van der Waals surface area contributed by atoms with E-state index in [1.54, 1.807) is 18.3 Å². The maximum Gasteiger partial charge on any atom is 0.271 e. The first kappa shape index (κ1) is 18.3. The zero-order chi connectivity index (χ0) is 19.2. The van der Waals surface area contributed by atoms with Gasteiger partial charge in [0.1, 0.15) is 0 Å². The molecule has 27 heavy (non-hydrogen) atoms. The first-order valence-electron chi connectivity index (χ1n) is 8.29. The Balaban J connectivity index is 1.82. The molecule has 3 aromatic carbocycles. The SMILES string of the molecule is COc1cc(C(=O)N/N=C\c2cccc3ccccc23)cc(OC)c1OC. The lowest BCUT2D eigenvalue weighted by Gasteiger charge is -2.13. The van der Waals surface area contributed by atoms with E-state index in [4.69, 9.17) is 14.2 Å². The Labute approximate surface area is 157 Å². The molecule has 0 spiro atoms. The number of carbonyl (C=O) groups is 1. The molecule has 0 saturated heterocycles. The van der Waals surface area contributed by atoms with Crippen molar-refractivity contribution in [2.45, 2.75) is 0 Å². The molecular formula is C21H20N2O4. The summed E-state index contributed by atoms with van der Waals surface area (Å²) >= 11 is 0. The molecule has 3 rings (SSSR count). The second kappa shape index (κ2) is 8.23. The van der Waals surface area contributed by atoms with E-state index in [9.17, 15) is 4.79 Å². The summed E-state index contributed by atoms with van der Waals surface area (Å²) in [5.41, 5.74) is 3.79. The van der Waals surface area contributed by atoms with E-state index in [0.717, 1.165) is 16.3 Å². The number of hydrazone groups is 1. The summed E-state index contributed by atoms with van der Waals surface area (Å²) in [6.07, 6.45) is 1.62. The number of benzene rings is 3. The molecule has 0 fully saturated rings. The van der Waals surface area contributed by atoms with Crippen LogP contribution in [0.3, 0.4) is 0 Å². The highest BCUT2D eigenvalue weighted by molar-refractivity contribution is 6.01. The number of rotatable bonds is 6. The van der Waals surface area contributed by atoms with Crippen molar-refractivity contribution < 1.29 is 19.0 Å². The standard InChI is InChI=1S/C21H20N2O4/c1-25-18-11-16(12-19(26-2)20(18)27-3)21(24)23-22-13-15-9-6-8-14-7-4-5-10-17(14)15/h4-13H,1-3H3,(H,23,24)/b22-13-. The average molecular weight is 364 g/mol. The Kier molecular flexibility index (Phi) is 5.56. The predicted octanol–water partition coefficient (Wildman–Crippen LogP) is 3.63. The third-order valence-corrected chi connectivity index (χ3v) is 4.12. The number of fused-ring (bicyclic) bond motifs is 1. The van der Waals surface area contributed by atoms with Crippen molar-refractivity contribution in [3.8, 4) is 17.2 Å². The van der Waals surface area contributed by atoms with Crippen molar-refractivity contribution in [3.05, 3.63) is 65.7 Å². The zero-order valence-corrected chi connectivity index (χ0v) is 15.4. The fraction of sp³-hybridized carbons (Fsp3) is 0.143. The van der Waals surface area contributed by atoms with Gasteiger partial charge < -0.3 is 14.2 Å². The first-order valence-corrected chi connectivity index (χ1v) is 8.29. The first-order chi connectivity index (χ1) is 13.2. The fourth-order valence-electron chi connectivity index (χ4n) is 2.80. The Morgan fingerprint density at radius 3 is 2.26 bits per heavy atom. The molecule has 0 saturated carbocycles. The third kappa shape index (κ3) is 3.84. The largest absolute Gasteiger partial charge is 0.493 e. The monoisotopic (exact) mass is 364 g/mol. The van der Waals surface area contributed by atoms with Gasteiger partial charge in [0.25, 0.3) is 5.91 Å². The van der Waals surface area contributed by atoms with Gasteiger partial charge in [-0.3, -0.25) is 4.79 Å². The molecule has 0 aliphatic heterocycles. The van der Waals surface area contributed by atoms with Crippen LogP contribution in [0.2, 0.25) is 0 Å². The summed E-state index contributed by atoms with van der Waals surface area (Å²) in [5.74, 6) is 0.849. The summed E-state index contributed by atoms with van der Waals surface area (Å²) in [5, 5.41) is 6.25. The van der Waals surface area contributed by atoms with E-state index in [1.807, 2.05) is 42.5 Å². The molecule has 6 heteroatoms. The minimum Gasteiger partial charge on any atom is -0.493 e. The number of hydrogen-bond acceptors (Lipinski definition) is 5. The Morgan fingerprint density at radius 1 is 0.926 bits per heavy atom. The van der Waals surface area contributed by atoms with Gasteiger partial charge in [-0.1, -0.05) is 42.5 Å². The quantitative estimate of drug-likeness (QED) is 0.536. The van der Waals surface area contributed by atoms with Gasteiger partial charge >= 0.3 is 0 Å². The van der Waals surface area contributed by atoms with Crippen LogP contribution in [0.25, 0.3) is 10.8 Å². The topological polar surface area (TPSA) is 69.2 Å². The summed E-state index contributed by atoms with van der Waals surface area (Å²) in [6.45, 7) is 0. The molecule has 0 aliphatic rings. The van der Waals surface area contributed by atoms with Gasteiger partial charge in [0.2, 0.25) is 5.75 Å². The summed E-state index contributed by atoms with van der Waals surface area (Å²) in [4.78, 5) is 12.5. The zero-order valence-electron chi connectivity index (χ0n) is 15.4. The maximum atomic E-state index is 12.5. The van der Waals surface area contributed by atoms with Gasteiger partial charge in [-0.15, -0.1) is 0 Å².